The van der Waals surface area contributed by atoms with E-state index in [4.69, 9.17) is 4.74 Å². The molecule has 0 saturated carbocycles. The number of fused-ring (bicyclic) bond motifs is 1. The average molecular weight is 316 g/mol. The number of aromatic amines is 1. The van der Waals surface area contributed by atoms with Crippen LogP contribution < -0.4 is 10.9 Å². The predicted octanol–water partition coefficient (Wildman–Crippen LogP) is 2.91. The summed E-state index contributed by atoms with van der Waals surface area (Å²) in [7, 11) is 0. The van der Waals surface area contributed by atoms with Gasteiger partial charge < -0.3 is 15.0 Å². The Morgan fingerprint density at radius 3 is 2.61 bits per heavy atom. The number of hydrogen-bond donors (Lipinski definition) is 2. The van der Waals surface area contributed by atoms with Crippen LogP contribution in [0.2, 0.25) is 0 Å². The highest BCUT2D eigenvalue weighted by Gasteiger charge is 2.11. The van der Waals surface area contributed by atoms with Gasteiger partial charge in [0.1, 0.15) is 0 Å². The minimum Gasteiger partial charge on any atom is -0.463 e. The van der Waals surface area contributed by atoms with Crippen LogP contribution in [0.3, 0.4) is 0 Å². The van der Waals surface area contributed by atoms with Gasteiger partial charge in [-0.05, 0) is 50.8 Å². The lowest BCUT2D eigenvalue weighted by molar-refractivity contribution is -0.147. The van der Waals surface area contributed by atoms with Crippen LogP contribution in [0.4, 0.5) is 0 Å². The van der Waals surface area contributed by atoms with Crippen LogP contribution in [0.15, 0.2) is 35.3 Å². The van der Waals surface area contributed by atoms with Crippen molar-refractivity contribution in [2.75, 3.05) is 6.54 Å². The average Bonchev–Trinajstić information content (AvgIpc) is 2.51. The molecule has 0 radical (unpaired) electrons. The summed E-state index contributed by atoms with van der Waals surface area (Å²) in [5, 5.41) is 5.04. The first-order valence-corrected chi connectivity index (χ1v) is 8.02. The maximum Gasteiger partial charge on any atom is 0.306 e. The molecule has 0 aliphatic heterocycles. The highest BCUT2D eigenvalue weighted by atomic mass is 16.5. The third-order valence-corrected chi connectivity index (χ3v) is 3.68. The number of nitrogens with one attached hydrogen (secondary N) is 2. The van der Waals surface area contributed by atoms with Crippen molar-refractivity contribution in [3.63, 3.8) is 0 Å². The fourth-order valence-corrected chi connectivity index (χ4v) is 2.57. The molecule has 1 unspecified atom stereocenters. The largest absolute Gasteiger partial charge is 0.463 e. The van der Waals surface area contributed by atoms with Gasteiger partial charge in [-0.15, -0.1) is 0 Å². The standard InChI is InChI=1S/C18H24N2O3/c1-12(2)23-17(21)9-6-10-19-13(3)16-11-20-18(22)15-8-5-4-7-14(15)16/h4-5,7-8,11-13,19H,6,9-10H2,1-3H3,(H,20,22). The van der Waals surface area contributed by atoms with E-state index >= 15 is 0 Å². The van der Waals surface area contributed by atoms with Crippen molar-refractivity contribution in [2.45, 2.75) is 45.8 Å². The number of ether oxygens (including phenoxy) is 1. The number of pyridine rings is 1. The van der Waals surface area contributed by atoms with Crippen LogP contribution in [0.25, 0.3) is 10.8 Å². The van der Waals surface area contributed by atoms with Crippen molar-refractivity contribution in [3.8, 4) is 0 Å². The van der Waals surface area contributed by atoms with Crippen molar-refractivity contribution in [1.29, 1.82) is 0 Å². The monoisotopic (exact) mass is 316 g/mol. The lowest BCUT2D eigenvalue weighted by atomic mass is 10.0. The van der Waals surface area contributed by atoms with Crippen molar-refractivity contribution >= 4 is 16.7 Å². The van der Waals surface area contributed by atoms with E-state index in [0.29, 0.717) is 18.4 Å². The fourth-order valence-electron chi connectivity index (χ4n) is 2.57. The molecule has 1 atom stereocenters. The number of carbonyl (C=O) groups is 1. The van der Waals surface area contributed by atoms with Crippen LogP contribution in [-0.4, -0.2) is 23.6 Å². The number of rotatable bonds is 7. The topological polar surface area (TPSA) is 71.2 Å². The van der Waals surface area contributed by atoms with E-state index in [0.717, 1.165) is 17.4 Å². The lowest BCUT2D eigenvalue weighted by Crippen LogP contribution is -2.22. The second kappa shape index (κ2) is 7.92. The van der Waals surface area contributed by atoms with Crippen LogP contribution >= 0.6 is 0 Å². The Bertz CT molecular complexity index is 722. The summed E-state index contributed by atoms with van der Waals surface area (Å²) in [6.07, 6.45) is 2.82. The van der Waals surface area contributed by atoms with Gasteiger partial charge in [-0.2, -0.15) is 0 Å². The Labute approximate surface area is 136 Å². The Hall–Kier alpha value is -2.14. The molecular formula is C18H24N2O3. The highest BCUT2D eigenvalue weighted by Crippen LogP contribution is 2.20. The SMILES string of the molecule is CC(C)OC(=O)CCCNC(C)c1c[nH]c(=O)c2ccccc12. The molecule has 0 saturated heterocycles. The third kappa shape index (κ3) is 4.66. The maximum atomic E-state index is 11.8. The van der Waals surface area contributed by atoms with E-state index in [9.17, 15) is 9.59 Å². The summed E-state index contributed by atoms with van der Waals surface area (Å²) < 4.78 is 5.11. The van der Waals surface area contributed by atoms with E-state index in [1.165, 1.54) is 0 Å². The zero-order valence-electron chi connectivity index (χ0n) is 13.9. The molecular weight excluding hydrogens is 292 g/mol. The Morgan fingerprint density at radius 2 is 1.91 bits per heavy atom. The Morgan fingerprint density at radius 1 is 1.22 bits per heavy atom. The summed E-state index contributed by atoms with van der Waals surface area (Å²) in [6, 6.07) is 7.65. The molecule has 0 bridgehead atoms. The summed E-state index contributed by atoms with van der Waals surface area (Å²) in [5.74, 6) is -0.163. The van der Waals surface area contributed by atoms with Gasteiger partial charge in [0.25, 0.3) is 5.56 Å². The Kier molecular flexibility index (Phi) is 5.93. The third-order valence-electron chi connectivity index (χ3n) is 3.68. The summed E-state index contributed by atoms with van der Waals surface area (Å²) in [5.41, 5.74) is 0.970. The number of H-pyrrole nitrogens is 1. The van der Waals surface area contributed by atoms with Gasteiger partial charge in [0, 0.05) is 24.0 Å². The van der Waals surface area contributed by atoms with E-state index in [1.54, 1.807) is 6.20 Å². The molecule has 2 rings (SSSR count). The summed E-state index contributed by atoms with van der Waals surface area (Å²) in [6.45, 7) is 6.45. The molecule has 0 fully saturated rings. The number of hydrogen-bond acceptors (Lipinski definition) is 4. The highest BCUT2D eigenvalue weighted by molar-refractivity contribution is 5.84. The molecule has 1 aromatic carbocycles. The van der Waals surface area contributed by atoms with E-state index < -0.39 is 0 Å². The molecule has 23 heavy (non-hydrogen) atoms. The zero-order chi connectivity index (χ0) is 16.8. The molecule has 0 aliphatic carbocycles. The molecule has 5 nitrogen and oxygen atoms in total. The lowest BCUT2D eigenvalue weighted by Gasteiger charge is -2.16. The van der Waals surface area contributed by atoms with Gasteiger partial charge in [-0.25, -0.2) is 0 Å². The quantitative estimate of drug-likeness (QED) is 0.608. The predicted molar refractivity (Wildman–Crippen MR) is 91.4 cm³/mol. The minimum atomic E-state index is -0.163. The molecule has 5 heteroatoms. The molecule has 0 spiro atoms. The first-order chi connectivity index (χ1) is 11.0. The fraction of sp³-hybridized carbons (Fsp3) is 0.444. The first kappa shape index (κ1) is 17.2. The molecule has 0 aliphatic rings. The van der Waals surface area contributed by atoms with Crippen molar-refractivity contribution in [3.05, 3.63) is 46.4 Å². The number of esters is 1. The van der Waals surface area contributed by atoms with Crippen LogP contribution in [0, 0.1) is 0 Å². The van der Waals surface area contributed by atoms with Gasteiger partial charge in [0.15, 0.2) is 0 Å². The van der Waals surface area contributed by atoms with E-state index in [2.05, 4.69) is 10.3 Å². The van der Waals surface area contributed by atoms with Crippen LogP contribution in [0.5, 0.6) is 0 Å². The van der Waals surface area contributed by atoms with E-state index in [-0.39, 0.29) is 23.7 Å². The molecule has 1 aromatic heterocycles. The van der Waals surface area contributed by atoms with Crippen molar-refractivity contribution in [2.24, 2.45) is 0 Å². The zero-order valence-corrected chi connectivity index (χ0v) is 13.9. The summed E-state index contributed by atoms with van der Waals surface area (Å²) in [4.78, 5) is 26.1. The molecule has 0 amide bonds. The van der Waals surface area contributed by atoms with Gasteiger partial charge in [0.2, 0.25) is 0 Å². The second-order valence-corrected chi connectivity index (χ2v) is 5.94. The van der Waals surface area contributed by atoms with Crippen molar-refractivity contribution in [1.82, 2.24) is 10.3 Å². The van der Waals surface area contributed by atoms with Gasteiger partial charge >= 0.3 is 5.97 Å². The number of carbonyl (C=O) groups excluding carboxylic acids is 1. The molecule has 1 heterocycles. The first-order valence-electron chi connectivity index (χ1n) is 8.02. The van der Waals surface area contributed by atoms with Crippen LogP contribution in [-0.2, 0) is 9.53 Å². The molecule has 2 aromatic rings. The minimum absolute atomic E-state index is 0.0677. The van der Waals surface area contributed by atoms with Gasteiger partial charge in [0.05, 0.1) is 6.10 Å². The van der Waals surface area contributed by atoms with Crippen molar-refractivity contribution < 1.29 is 9.53 Å². The van der Waals surface area contributed by atoms with Crippen LogP contribution in [0.1, 0.15) is 45.2 Å². The van der Waals surface area contributed by atoms with Gasteiger partial charge in [-0.3, -0.25) is 9.59 Å². The van der Waals surface area contributed by atoms with E-state index in [1.807, 2.05) is 45.0 Å². The second-order valence-electron chi connectivity index (χ2n) is 5.94. The Balaban J connectivity index is 1.94. The number of aromatic nitrogens is 1. The maximum absolute atomic E-state index is 11.8. The molecule has 2 N–H and O–H groups in total. The normalized spacial score (nSPS) is 12.5. The van der Waals surface area contributed by atoms with Gasteiger partial charge in [-0.1, -0.05) is 18.2 Å². The number of benzene rings is 1. The summed E-state index contributed by atoms with van der Waals surface area (Å²) >= 11 is 0. The molecule has 124 valence electrons. The smallest absolute Gasteiger partial charge is 0.306 e.